The average molecular weight is 561 g/mol. The van der Waals surface area contributed by atoms with Gasteiger partial charge in [0.15, 0.2) is 11.9 Å². The summed E-state index contributed by atoms with van der Waals surface area (Å²) in [7, 11) is -1.74. The topological polar surface area (TPSA) is 96.6 Å². The Hall–Kier alpha value is -3.43. The SMILES string of the molecule is CC1(C)c2[nH]nc(NC(=O)C3([Si](C)(C)C)CCC3)c2CN1C(=O)C(COCc1ccccc1)Oc1ccccc1. The largest absolute Gasteiger partial charge is 0.478 e. The summed E-state index contributed by atoms with van der Waals surface area (Å²) in [4.78, 5) is 29.4. The van der Waals surface area contributed by atoms with Crippen molar-refractivity contribution in [1.29, 1.82) is 0 Å². The van der Waals surface area contributed by atoms with Gasteiger partial charge in [-0.15, -0.1) is 0 Å². The molecule has 1 saturated carbocycles. The zero-order valence-electron chi connectivity index (χ0n) is 24.1. The Kier molecular flexibility index (Phi) is 7.63. The van der Waals surface area contributed by atoms with Gasteiger partial charge in [-0.05, 0) is 44.4 Å². The Balaban J connectivity index is 1.34. The molecular weight excluding hydrogens is 520 g/mol. The number of nitrogens with one attached hydrogen (secondary N) is 2. The van der Waals surface area contributed by atoms with Crippen molar-refractivity contribution in [3.8, 4) is 5.75 Å². The van der Waals surface area contributed by atoms with Crippen molar-refractivity contribution < 1.29 is 19.1 Å². The number of benzene rings is 2. The van der Waals surface area contributed by atoms with Crippen molar-refractivity contribution in [1.82, 2.24) is 15.1 Å². The summed E-state index contributed by atoms with van der Waals surface area (Å²) < 4.78 is 12.2. The van der Waals surface area contributed by atoms with Gasteiger partial charge in [-0.25, -0.2) is 0 Å². The van der Waals surface area contributed by atoms with Gasteiger partial charge in [0.05, 0.1) is 39.1 Å². The van der Waals surface area contributed by atoms with Crippen LogP contribution >= 0.6 is 0 Å². The number of carbonyl (C=O) groups excluding carboxylic acids is 2. The van der Waals surface area contributed by atoms with Crippen LogP contribution in [0.4, 0.5) is 5.82 Å². The van der Waals surface area contributed by atoms with Crippen LogP contribution in [-0.2, 0) is 33.0 Å². The maximum absolute atomic E-state index is 14.1. The molecule has 0 spiro atoms. The minimum Gasteiger partial charge on any atom is -0.478 e. The first-order valence-corrected chi connectivity index (χ1v) is 17.6. The maximum atomic E-state index is 14.1. The molecule has 2 aliphatic rings. The fourth-order valence-corrected chi connectivity index (χ4v) is 8.50. The van der Waals surface area contributed by atoms with Gasteiger partial charge in [0.1, 0.15) is 5.75 Å². The van der Waals surface area contributed by atoms with E-state index in [2.05, 4.69) is 35.2 Å². The van der Waals surface area contributed by atoms with Gasteiger partial charge >= 0.3 is 0 Å². The van der Waals surface area contributed by atoms with E-state index in [-0.39, 0.29) is 23.5 Å². The number of hydrogen-bond donors (Lipinski definition) is 2. The summed E-state index contributed by atoms with van der Waals surface area (Å²) in [6.45, 7) is 11.6. The van der Waals surface area contributed by atoms with E-state index in [1.165, 1.54) is 0 Å². The van der Waals surface area contributed by atoms with Crippen LogP contribution in [0.1, 0.15) is 49.9 Å². The van der Waals surface area contributed by atoms with Crippen molar-refractivity contribution in [3.63, 3.8) is 0 Å². The van der Waals surface area contributed by atoms with Crippen LogP contribution in [0, 0.1) is 0 Å². The first kappa shape index (κ1) is 28.1. The first-order chi connectivity index (χ1) is 19.0. The Morgan fingerprint density at radius 2 is 1.70 bits per heavy atom. The molecule has 1 unspecified atom stereocenters. The quantitative estimate of drug-likeness (QED) is 0.303. The molecule has 1 aliphatic carbocycles. The predicted octanol–water partition coefficient (Wildman–Crippen LogP) is 5.85. The summed E-state index contributed by atoms with van der Waals surface area (Å²) in [5.74, 6) is 1.01. The fraction of sp³-hybridized carbons (Fsp3) is 0.452. The van der Waals surface area contributed by atoms with Gasteiger partial charge in [-0.1, -0.05) is 74.6 Å². The Morgan fingerprint density at radius 3 is 2.30 bits per heavy atom. The van der Waals surface area contributed by atoms with Crippen LogP contribution < -0.4 is 10.1 Å². The second-order valence-electron chi connectivity index (χ2n) is 12.5. The Bertz CT molecular complexity index is 1350. The smallest absolute Gasteiger partial charge is 0.267 e. The van der Waals surface area contributed by atoms with Crippen molar-refractivity contribution in [2.45, 2.75) is 82.6 Å². The number of aromatic nitrogens is 2. The molecule has 0 saturated heterocycles. The molecule has 8 nitrogen and oxygen atoms in total. The Morgan fingerprint density at radius 1 is 1.05 bits per heavy atom. The molecule has 9 heteroatoms. The second-order valence-corrected chi connectivity index (χ2v) is 17.9. The highest BCUT2D eigenvalue weighted by Crippen LogP contribution is 2.56. The maximum Gasteiger partial charge on any atom is 0.267 e. The number of carbonyl (C=O) groups is 2. The zero-order chi connectivity index (χ0) is 28.5. The van der Waals surface area contributed by atoms with E-state index in [0.29, 0.717) is 24.7 Å². The molecule has 212 valence electrons. The molecule has 2 heterocycles. The fourth-order valence-electron chi connectivity index (χ4n) is 5.90. The van der Waals surface area contributed by atoms with E-state index in [1.807, 2.05) is 74.5 Å². The molecule has 40 heavy (non-hydrogen) atoms. The van der Waals surface area contributed by atoms with E-state index < -0.39 is 19.7 Å². The Labute approximate surface area is 237 Å². The van der Waals surface area contributed by atoms with Gasteiger partial charge in [0.2, 0.25) is 5.91 Å². The minimum absolute atomic E-state index is 0.0643. The molecule has 0 radical (unpaired) electrons. The number of nitrogens with zero attached hydrogens (tertiary/aromatic N) is 2. The normalized spacial score (nSPS) is 18.0. The van der Waals surface area contributed by atoms with Gasteiger partial charge in [-0.2, -0.15) is 5.10 Å². The molecule has 5 rings (SSSR count). The lowest BCUT2D eigenvalue weighted by Gasteiger charge is -2.48. The summed E-state index contributed by atoms with van der Waals surface area (Å²) in [5.41, 5.74) is 2.03. The van der Waals surface area contributed by atoms with Crippen LogP contribution in [0.3, 0.4) is 0 Å². The van der Waals surface area contributed by atoms with Crippen LogP contribution in [0.25, 0.3) is 0 Å². The lowest BCUT2D eigenvalue weighted by molar-refractivity contribution is -0.147. The van der Waals surface area contributed by atoms with Crippen molar-refractivity contribution >= 4 is 25.7 Å². The van der Waals surface area contributed by atoms with Crippen molar-refractivity contribution in [2.24, 2.45) is 0 Å². The van der Waals surface area contributed by atoms with Crippen LogP contribution in [0.2, 0.25) is 24.7 Å². The molecular formula is C31H40N4O4Si. The van der Waals surface area contributed by atoms with Gasteiger partial charge in [0.25, 0.3) is 5.91 Å². The molecule has 3 aromatic rings. The summed E-state index contributed by atoms with van der Waals surface area (Å²) in [6.07, 6.45) is 2.10. The molecule has 1 aromatic heterocycles. The molecule has 2 N–H and O–H groups in total. The highest BCUT2D eigenvalue weighted by molar-refractivity contribution is 6.83. The highest BCUT2D eigenvalue weighted by Gasteiger charge is 2.54. The first-order valence-electron chi connectivity index (χ1n) is 14.1. The molecule has 1 aliphatic heterocycles. The van der Waals surface area contributed by atoms with E-state index in [0.717, 1.165) is 36.1 Å². The van der Waals surface area contributed by atoms with Gasteiger partial charge in [0, 0.05) is 10.6 Å². The van der Waals surface area contributed by atoms with Crippen LogP contribution in [0.15, 0.2) is 60.7 Å². The number of hydrogen-bond acceptors (Lipinski definition) is 5. The summed E-state index contributed by atoms with van der Waals surface area (Å²) in [5, 5.41) is 10.5. The van der Waals surface area contributed by atoms with Crippen LogP contribution in [-0.4, -0.2) is 47.7 Å². The standard InChI is InChI=1S/C31H40N4O4Si/c1-30(2)26-24(27(34-33-26)32-29(37)31(17-12-18-31)40(3,4)5)19-35(30)28(36)25(39-23-15-10-7-11-16-23)21-38-20-22-13-8-6-9-14-22/h6-11,13-16,25H,12,17-21H2,1-5H3,(H2,32,33,34,37). The number of H-pyrrole nitrogens is 1. The van der Waals surface area contributed by atoms with E-state index in [4.69, 9.17) is 9.47 Å². The monoisotopic (exact) mass is 560 g/mol. The second kappa shape index (κ2) is 10.9. The zero-order valence-corrected chi connectivity index (χ0v) is 25.1. The van der Waals surface area contributed by atoms with Crippen LogP contribution in [0.5, 0.6) is 5.75 Å². The number of ether oxygens (including phenoxy) is 2. The van der Waals surface area contributed by atoms with Gasteiger partial charge in [-0.3, -0.25) is 14.7 Å². The van der Waals surface area contributed by atoms with E-state index in [9.17, 15) is 9.59 Å². The summed E-state index contributed by atoms with van der Waals surface area (Å²) in [6, 6.07) is 19.2. The van der Waals surface area contributed by atoms with Crippen molar-refractivity contribution in [3.05, 3.63) is 77.5 Å². The lowest BCUT2D eigenvalue weighted by atomic mass is 9.83. The van der Waals surface area contributed by atoms with E-state index in [1.54, 1.807) is 4.90 Å². The molecule has 1 fully saturated rings. The minimum atomic E-state index is -1.74. The average Bonchev–Trinajstić information content (AvgIpc) is 3.40. The number of para-hydroxylation sites is 1. The van der Waals surface area contributed by atoms with Crippen molar-refractivity contribution in [2.75, 3.05) is 11.9 Å². The molecule has 0 bridgehead atoms. The number of rotatable bonds is 10. The highest BCUT2D eigenvalue weighted by atomic mass is 28.3. The number of fused-ring (bicyclic) bond motifs is 1. The molecule has 2 amide bonds. The third kappa shape index (κ3) is 5.20. The summed E-state index contributed by atoms with van der Waals surface area (Å²) >= 11 is 0. The number of anilines is 1. The molecule has 2 aromatic carbocycles. The van der Waals surface area contributed by atoms with E-state index >= 15 is 0 Å². The third-order valence-corrected chi connectivity index (χ3v) is 12.3. The number of amides is 2. The molecule has 1 atom stereocenters. The van der Waals surface area contributed by atoms with Gasteiger partial charge < -0.3 is 19.7 Å². The predicted molar refractivity (Wildman–Crippen MR) is 158 cm³/mol. The number of aromatic amines is 1. The lowest BCUT2D eigenvalue weighted by Crippen LogP contribution is -2.52. The third-order valence-electron chi connectivity index (χ3n) is 8.72.